The highest BCUT2D eigenvalue weighted by Gasteiger charge is 2.20. The number of amidine groups is 1. The van der Waals surface area contributed by atoms with Gasteiger partial charge in [0.05, 0.1) is 13.2 Å². The first kappa shape index (κ1) is 10.8. The van der Waals surface area contributed by atoms with E-state index in [2.05, 4.69) is 5.16 Å². The quantitative estimate of drug-likeness (QED) is 0.344. The Morgan fingerprint density at radius 2 is 2.31 bits per heavy atom. The number of hydrogen-bond acceptors (Lipinski definition) is 4. The number of rotatable bonds is 3. The highest BCUT2D eigenvalue weighted by atomic mass is 16.6. The highest BCUT2D eigenvalue weighted by molar-refractivity contribution is 5.98. The van der Waals surface area contributed by atoms with Gasteiger partial charge in [-0.15, -0.1) is 0 Å². The smallest absolute Gasteiger partial charge is 0.170 e. The summed E-state index contributed by atoms with van der Waals surface area (Å²) in [4.78, 5) is 0. The fraction of sp³-hybridized carbons (Fsp3) is 0.364. The highest BCUT2D eigenvalue weighted by Crippen LogP contribution is 2.20. The van der Waals surface area contributed by atoms with E-state index in [-0.39, 0.29) is 11.9 Å². The Hall–Kier alpha value is -1.75. The van der Waals surface area contributed by atoms with Gasteiger partial charge in [-0.25, -0.2) is 0 Å². The minimum Gasteiger partial charge on any atom is -0.486 e. The van der Waals surface area contributed by atoms with Crippen LogP contribution in [0.1, 0.15) is 11.1 Å². The van der Waals surface area contributed by atoms with Crippen molar-refractivity contribution in [3.8, 4) is 5.75 Å². The Morgan fingerprint density at radius 3 is 2.81 bits per heavy atom. The van der Waals surface area contributed by atoms with Gasteiger partial charge in [0.25, 0.3) is 0 Å². The molecule has 1 aliphatic heterocycles. The number of hydrogen-bond donors (Lipinski definition) is 2. The summed E-state index contributed by atoms with van der Waals surface area (Å²) in [6, 6.07) is 5.45. The van der Waals surface area contributed by atoms with Crippen LogP contribution in [-0.4, -0.2) is 30.4 Å². The SMILES string of the molecule is Cc1cc(OC2COC2)ccc1/C(N)=N/O. The first-order valence-corrected chi connectivity index (χ1v) is 5.03. The van der Waals surface area contributed by atoms with Crippen LogP contribution < -0.4 is 10.5 Å². The van der Waals surface area contributed by atoms with Gasteiger partial charge in [-0.05, 0) is 30.7 Å². The maximum atomic E-state index is 8.59. The summed E-state index contributed by atoms with van der Waals surface area (Å²) in [5.74, 6) is 0.885. The summed E-state index contributed by atoms with van der Waals surface area (Å²) in [7, 11) is 0. The number of oxime groups is 1. The van der Waals surface area contributed by atoms with E-state index in [1.807, 2.05) is 13.0 Å². The standard InChI is InChI=1S/C11H14N2O3/c1-7-4-8(16-9-5-15-6-9)2-3-10(7)11(12)13-14/h2-4,9,14H,5-6H2,1H3,(H2,12,13). The largest absolute Gasteiger partial charge is 0.486 e. The first-order chi connectivity index (χ1) is 7.70. The molecule has 0 amide bonds. The van der Waals surface area contributed by atoms with E-state index < -0.39 is 0 Å². The second-order valence-electron chi connectivity index (χ2n) is 3.74. The van der Waals surface area contributed by atoms with Crippen LogP contribution in [0.3, 0.4) is 0 Å². The summed E-state index contributed by atoms with van der Waals surface area (Å²) < 4.78 is 10.7. The normalized spacial score (nSPS) is 16.9. The lowest BCUT2D eigenvalue weighted by Gasteiger charge is -2.26. The lowest BCUT2D eigenvalue weighted by atomic mass is 10.1. The van der Waals surface area contributed by atoms with Gasteiger partial charge in [0.15, 0.2) is 5.84 Å². The van der Waals surface area contributed by atoms with Crippen molar-refractivity contribution < 1.29 is 14.7 Å². The van der Waals surface area contributed by atoms with Crippen molar-refractivity contribution in [1.29, 1.82) is 0 Å². The van der Waals surface area contributed by atoms with E-state index in [1.165, 1.54) is 0 Å². The Bertz CT molecular complexity index is 414. The maximum absolute atomic E-state index is 8.59. The average Bonchev–Trinajstić information content (AvgIpc) is 2.23. The van der Waals surface area contributed by atoms with Gasteiger partial charge in [-0.2, -0.15) is 0 Å². The third kappa shape index (κ3) is 2.09. The molecule has 16 heavy (non-hydrogen) atoms. The van der Waals surface area contributed by atoms with Crippen molar-refractivity contribution in [2.45, 2.75) is 13.0 Å². The molecule has 1 saturated heterocycles. The van der Waals surface area contributed by atoms with Crippen molar-refractivity contribution in [2.24, 2.45) is 10.9 Å². The van der Waals surface area contributed by atoms with E-state index in [0.717, 1.165) is 11.3 Å². The van der Waals surface area contributed by atoms with Crippen molar-refractivity contribution in [3.05, 3.63) is 29.3 Å². The summed E-state index contributed by atoms with van der Waals surface area (Å²) in [5.41, 5.74) is 7.14. The third-order valence-electron chi connectivity index (χ3n) is 2.49. The lowest BCUT2D eigenvalue weighted by molar-refractivity contribution is -0.0796. The Kier molecular flexibility index (Phi) is 2.96. The van der Waals surface area contributed by atoms with Crippen LogP contribution >= 0.6 is 0 Å². The molecule has 0 atom stereocenters. The molecule has 0 aromatic heterocycles. The number of nitrogens with two attached hydrogens (primary N) is 1. The average molecular weight is 222 g/mol. The Labute approximate surface area is 93.5 Å². The zero-order chi connectivity index (χ0) is 11.5. The summed E-state index contributed by atoms with van der Waals surface area (Å²) in [5, 5.41) is 11.6. The van der Waals surface area contributed by atoms with Crippen molar-refractivity contribution in [2.75, 3.05) is 13.2 Å². The van der Waals surface area contributed by atoms with Crippen molar-refractivity contribution in [1.82, 2.24) is 0 Å². The molecule has 1 aliphatic rings. The van der Waals surface area contributed by atoms with Gasteiger partial charge < -0.3 is 20.4 Å². The molecule has 2 rings (SSSR count). The zero-order valence-electron chi connectivity index (χ0n) is 9.01. The minimum absolute atomic E-state index is 0.107. The van der Waals surface area contributed by atoms with Crippen LogP contribution in [0.4, 0.5) is 0 Å². The predicted molar refractivity (Wildman–Crippen MR) is 58.9 cm³/mol. The maximum Gasteiger partial charge on any atom is 0.170 e. The van der Waals surface area contributed by atoms with Gasteiger partial charge in [-0.1, -0.05) is 5.16 Å². The van der Waals surface area contributed by atoms with Crippen LogP contribution in [0, 0.1) is 6.92 Å². The molecule has 3 N–H and O–H groups in total. The molecule has 86 valence electrons. The van der Waals surface area contributed by atoms with E-state index in [1.54, 1.807) is 12.1 Å². The van der Waals surface area contributed by atoms with E-state index in [4.69, 9.17) is 20.4 Å². The molecule has 1 aromatic carbocycles. The molecule has 0 unspecified atom stereocenters. The molecule has 1 fully saturated rings. The lowest BCUT2D eigenvalue weighted by Crippen LogP contribution is -2.38. The number of aryl methyl sites for hydroxylation is 1. The second-order valence-corrected chi connectivity index (χ2v) is 3.74. The van der Waals surface area contributed by atoms with E-state index in [9.17, 15) is 0 Å². The number of nitrogens with zero attached hydrogens (tertiary/aromatic N) is 1. The van der Waals surface area contributed by atoms with Crippen LogP contribution in [0.5, 0.6) is 5.75 Å². The van der Waals surface area contributed by atoms with Gasteiger partial charge in [0.2, 0.25) is 0 Å². The first-order valence-electron chi connectivity index (χ1n) is 5.03. The van der Waals surface area contributed by atoms with Gasteiger partial charge in [0.1, 0.15) is 11.9 Å². The molecule has 0 radical (unpaired) electrons. The van der Waals surface area contributed by atoms with Crippen molar-refractivity contribution >= 4 is 5.84 Å². The number of benzene rings is 1. The van der Waals surface area contributed by atoms with E-state index >= 15 is 0 Å². The Balaban J connectivity index is 2.15. The van der Waals surface area contributed by atoms with Gasteiger partial charge in [0, 0.05) is 5.56 Å². The fourth-order valence-electron chi connectivity index (χ4n) is 1.53. The van der Waals surface area contributed by atoms with Crippen LogP contribution in [0.15, 0.2) is 23.4 Å². The molecule has 0 aliphatic carbocycles. The molecule has 5 nitrogen and oxygen atoms in total. The summed E-state index contributed by atoms with van der Waals surface area (Å²) >= 11 is 0. The minimum atomic E-state index is 0.107. The molecular formula is C11H14N2O3. The zero-order valence-corrected chi connectivity index (χ0v) is 9.01. The summed E-state index contributed by atoms with van der Waals surface area (Å²) in [6.45, 7) is 3.17. The van der Waals surface area contributed by atoms with E-state index in [0.29, 0.717) is 18.8 Å². The Morgan fingerprint density at radius 1 is 1.56 bits per heavy atom. The van der Waals surface area contributed by atoms with Crippen LogP contribution in [0.25, 0.3) is 0 Å². The van der Waals surface area contributed by atoms with Gasteiger partial charge in [-0.3, -0.25) is 0 Å². The van der Waals surface area contributed by atoms with Gasteiger partial charge >= 0.3 is 0 Å². The predicted octanol–water partition coefficient (Wildman–Crippen LogP) is 0.867. The molecule has 0 spiro atoms. The molecule has 0 bridgehead atoms. The fourth-order valence-corrected chi connectivity index (χ4v) is 1.53. The third-order valence-corrected chi connectivity index (χ3v) is 2.49. The monoisotopic (exact) mass is 222 g/mol. The number of ether oxygens (including phenoxy) is 2. The molecule has 5 heteroatoms. The summed E-state index contributed by atoms with van der Waals surface area (Å²) in [6.07, 6.45) is 0.147. The molecular weight excluding hydrogens is 208 g/mol. The van der Waals surface area contributed by atoms with Crippen LogP contribution in [-0.2, 0) is 4.74 Å². The topological polar surface area (TPSA) is 77.1 Å². The molecule has 0 saturated carbocycles. The van der Waals surface area contributed by atoms with Crippen molar-refractivity contribution in [3.63, 3.8) is 0 Å². The molecule has 1 heterocycles. The second kappa shape index (κ2) is 4.40. The molecule has 1 aromatic rings. The van der Waals surface area contributed by atoms with Crippen LogP contribution in [0.2, 0.25) is 0 Å².